The van der Waals surface area contributed by atoms with Crippen molar-refractivity contribution in [1.82, 2.24) is 9.88 Å². The first-order valence-electron chi connectivity index (χ1n) is 7.97. The van der Waals surface area contributed by atoms with Gasteiger partial charge in [-0.05, 0) is 38.2 Å². The minimum Gasteiger partial charge on any atom is -0.477 e. The van der Waals surface area contributed by atoms with Crippen LogP contribution in [-0.2, 0) is 0 Å². The molecule has 3 nitrogen and oxygen atoms in total. The third kappa shape index (κ3) is 3.88. The second-order valence-electron chi connectivity index (χ2n) is 5.91. The molecule has 23 heavy (non-hydrogen) atoms. The fraction of sp³-hybridized carbons (Fsp3) is 0.250. The molecule has 0 radical (unpaired) electrons. The Labute approximate surface area is 137 Å². The molecule has 0 amide bonds. The van der Waals surface area contributed by atoms with Crippen molar-refractivity contribution in [1.29, 1.82) is 0 Å². The molecule has 0 fully saturated rings. The number of benzene rings is 2. The summed E-state index contributed by atoms with van der Waals surface area (Å²) in [6.45, 7) is 1.68. The summed E-state index contributed by atoms with van der Waals surface area (Å²) in [7, 11) is 4.15. The van der Waals surface area contributed by atoms with Gasteiger partial charge in [-0.1, -0.05) is 48.5 Å². The molecule has 1 heterocycles. The molecule has 0 aliphatic carbocycles. The molecule has 0 aliphatic rings. The summed E-state index contributed by atoms with van der Waals surface area (Å²) in [4.78, 5) is 6.89. The largest absolute Gasteiger partial charge is 0.477 e. The Morgan fingerprint density at radius 1 is 0.957 bits per heavy atom. The maximum atomic E-state index is 6.01. The molecule has 118 valence electrons. The van der Waals surface area contributed by atoms with Crippen LogP contribution in [0.15, 0.2) is 60.7 Å². The highest BCUT2D eigenvalue weighted by molar-refractivity contribution is 5.86. The Kier molecular flexibility index (Phi) is 4.89. The van der Waals surface area contributed by atoms with Crippen molar-refractivity contribution in [3.8, 4) is 17.0 Å². The summed E-state index contributed by atoms with van der Waals surface area (Å²) in [5, 5.41) is 1.13. The zero-order chi connectivity index (χ0) is 16.1. The summed E-state index contributed by atoms with van der Waals surface area (Å²) < 4.78 is 6.01. The van der Waals surface area contributed by atoms with Crippen LogP contribution in [0.25, 0.3) is 22.0 Å². The monoisotopic (exact) mass is 306 g/mol. The van der Waals surface area contributed by atoms with Crippen molar-refractivity contribution in [2.45, 2.75) is 6.42 Å². The van der Waals surface area contributed by atoms with Gasteiger partial charge in [-0.3, -0.25) is 0 Å². The van der Waals surface area contributed by atoms with Crippen molar-refractivity contribution < 1.29 is 4.74 Å². The lowest BCUT2D eigenvalue weighted by molar-refractivity contribution is 0.275. The number of hydrogen-bond acceptors (Lipinski definition) is 3. The normalized spacial score (nSPS) is 11.1. The number of pyridine rings is 1. The lowest BCUT2D eigenvalue weighted by Gasteiger charge is -2.13. The quantitative estimate of drug-likeness (QED) is 0.637. The van der Waals surface area contributed by atoms with Gasteiger partial charge in [0, 0.05) is 17.5 Å². The molecule has 0 unspecified atom stereocenters. The number of nitrogens with zero attached hydrogens (tertiary/aromatic N) is 2. The van der Waals surface area contributed by atoms with E-state index in [9.17, 15) is 0 Å². The van der Waals surface area contributed by atoms with E-state index in [1.165, 1.54) is 0 Å². The highest BCUT2D eigenvalue weighted by atomic mass is 16.5. The number of ether oxygens (including phenoxy) is 1. The number of fused-ring (bicyclic) bond motifs is 1. The SMILES string of the molecule is CN(C)CCCOc1nc2ccccc2cc1-c1ccccc1. The number of hydrogen-bond donors (Lipinski definition) is 0. The van der Waals surface area contributed by atoms with E-state index in [1.807, 2.05) is 36.4 Å². The number of rotatable bonds is 6. The summed E-state index contributed by atoms with van der Waals surface area (Å²) in [5.74, 6) is 0.716. The smallest absolute Gasteiger partial charge is 0.221 e. The second-order valence-corrected chi connectivity index (χ2v) is 5.91. The van der Waals surface area contributed by atoms with Crippen molar-refractivity contribution >= 4 is 10.9 Å². The first-order chi connectivity index (χ1) is 11.2. The van der Waals surface area contributed by atoms with Gasteiger partial charge in [0.1, 0.15) is 0 Å². The summed E-state index contributed by atoms with van der Waals surface area (Å²) in [5.41, 5.74) is 3.15. The molecule has 2 aromatic carbocycles. The second kappa shape index (κ2) is 7.25. The molecular formula is C20H22N2O. The Balaban J connectivity index is 1.93. The van der Waals surface area contributed by atoms with Gasteiger partial charge in [-0.2, -0.15) is 0 Å². The Morgan fingerprint density at radius 2 is 1.70 bits per heavy atom. The Bertz CT molecular complexity index is 769. The van der Waals surface area contributed by atoms with Crippen LogP contribution in [0.2, 0.25) is 0 Å². The number of para-hydroxylation sites is 1. The first kappa shape index (κ1) is 15.5. The predicted molar refractivity (Wildman–Crippen MR) is 95.8 cm³/mol. The lowest BCUT2D eigenvalue weighted by Crippen LogP contribution is -2.15. The molecule has 1 aromatic heterocycles. The van der Waals surface area contributed by atoms with Gasteiger partial charge in [-0.15, -0.1) is 0 Å². The van der Waals surface area contributed by atoms with Gasteiger partial charge in [0.05, 0.1) is 12.1 Å². The zero-order valence-electron chi connectivity index (χ0n) is 13.7. The fourth-order valence-electron chi connectivity index (χ4n) is 2.58. The summed E-state index contributed by atoms with van der Waals surface area (Å²) in [6.07, 6.45) is 0.982. The van der Waals surface area contributed by atoms with Gasteiger partial charge in [-0.25, -0.2) is 4.98 Å². The maximum Gasteiger partial charge on any atom is 0.221 e. The van der Waals surface area contributed by atoms with Crippen molar-refractivity contribution in [2.75, 3.05) is 27.2 Å². The predicted octanol–water partition coefficient (Wildman–Crippen LogP) is 4.23. The Morgan fingerprint density at radius 3 is 2.48 bits per heavy atom. The van der Waals surface area contributed by atoms with E-state index in [1.54, 1.807) is 0 Å². The van der Waals surface area contributed by atoms with Crippen LogP contribution in [0.1, 0.15) is 6.42 Å². The standard InChI is InChI=1S/C20H22N2O/c1-22(2)13-8-14-23-20-18(16-9-4-3-5-10-16)15-17-11-6-7-12-19(17)21-20/h3-7,9-12,15H,8,13-14H2,1-2H3. The van der Waals surface area contributed by atoms with Crippen LogP contribution in [0, 0.1) is 0 Å². The molecule has 0 aliphatic heterocycles. The average molecular weight is 306 g/mol. The number of aromatic nitrogens is 1. The molecule has 0 N–H and O–H groups in total. The highest BCUT2D eigenvalue weighted by Crippen LogP contribution is 2.31. The zero-order valence-corrected chi connectivity index (χ0v) is 13.7. The van der Waals surface area contributed by atoms with Crippen LogP contribution in [-0.4, -0.2) is 37.1 Å². The van der Waals surface area contributed by atoms with Crippen molar-refractivity contribution in [3.05, 3.63) is 60.7 Å². The van der Waals surface area contributed by atoms with E-state index in [2.05, 4.69) is 43.3 Å². The van der Waals surface area contributed by atoms with Gasteiger partial charge in [0.2, 0.25) is 5.88 Å². The minimum atomic E-state index is 0.670. The fourth-order valence-corrected chi connectivity index (χ4v) is 2.58. The Hall–Kier alpha value is -2.39. The average Bonchev–Trinajstić information content (AvgIpc) is 2.58. The summed E-state index contributed by atoms with van der Waals surface area (Å²) in [6, 6.07) is 20.6. The van der Waals surface area contributed by atoms with Gasteiger partial charge >= 0.3 is 0 Å². The third-order valence-electron chi connectivity index (χ3n) is 3.76. The molecule has 0 saturated heterocycles. The minimum absolute atomic E-state index is 0.670. The molecule has 0 atom stereocenters. The molecule has 0 saturated carbocycles. The summed E-state index contributed by atoms with van der Waals surface area (Å²) >= 11 is 0. The van der Waals surface area contributed by atoms with Crippen LogP contribution in [0.5, 0.6) is 5.88 Å². The molecule has 0 bridgehead atoms. The van der Waals surface area contributed by atoms with E-state index >= 15 is 0 Å². The van der Waals surface area contributed by atoms with E-state index < -0.39 is 0 Å². The van der Waals surface area contributed by atoms with Crippen LogP contribution in [0.4, 0.5) is 0 Å². The molecular weight excluding hydrogens is 284 g/mol. The highest BCUT2D eigenvalue weighted by Gasteiger charge is 2.10. The maximum absolute atomic E-state index is 6.01. The first-order valence-corrected chi connectivity index (χ1v) is 7.97. The lowest BCUT2D eigenvalue weighted by atomic mass is 10.0. The van der Waals surface area contributed by atoms with Gasteiger partial charge in [0.15, 0.2) is 0 Å². The van der Waals surface area contributed by atoms with E-state index in [0.717, 1.165) is 35.0 Å². The van der Waals surface area contributed by atoms with Crippen LogP contribution in [0.3, 0.4) is 0 Å². The molecule has 3 heteroatoms. The van der Waals surface area contributed by atoms with Crippen LogP contribution < -0.4 is 4.74 Å². The van der Waals surface area contributed by atoms with E-state index in [4.69, 9.17) is 9.72 Å². The third-order valence-corrected chi connectivity index (χ3v) is 3.76. The van der Waals surface area contributed by atoms with Crippen LogP contribution >= 0.6 is 0 Å². The van der Waals surface area contributed by atoms with Crippen molar-refractivity contribution in [3.63, 3.8) is 0 Å². The topological polar surface area (TPSA) is 25.4 Å². The van der Waals surface area contributed by atoms with Crippen molar-refractivity contribution in [2.24, 2.45) is 0 Å². The molecule has 3 aromatic rings. The van der Waals surface area contributed by atoms with E-state index in [0.29, 0.717) is 12.5 Å². The van der Waals surface area contributed by atoms with E-state index in [-0.39, 0.29) is 0 Å². The molecule has 3 rings (SSSR count). The van der Waals surface area contributed by atoms with Gasteiger partial charge in [0.25, 0.3) is 0 Å². The molecule has 0 spiro atoms. The van der Waals surface area contributed by atoms with Gasteiger partial charge < -0.3 is 9.64 Å².